The normalized spacial score (nSPS) is 15.0. The lowest BCUT2D eigenvalue weighted by atomic mass is 10.2. The van der Waals surface area contributed by atoms with Crippen LogP contribution in [-0.4, -0.2) is 69.6 Å². The zero-order valence-corrected chi connectivity index (χ0v) is 19.2. The SMILES string of the molecule is O=C(c1ncc(-c2cccc[n+]2[O-])cn1)N1CCN(S(=O)(=O)c2nc3cc(Cl)ccc3[nH]2)CC1. The second-order valence-electron chi connectivity index (χ2n) is 7.61. The Morgan fingerprint density at radius 2 is 1.82 bits per heavy atom. The molecule has 4 aromatic rings. The molecule has 0 bridgehead atoms. The fraction of sp³-hybridized carbons (Fsp3) is 0.190. The Morgan fingerprint density at radius 1 is 1.09 bits per heavy atom. The molecule has 0 radical (unpaired) electrons. The van der Waals surface area contributed by atoms with Gasteiger partial charge in [0.1, 0.15) is 0 Å². The number of sulfonamides is 1. The van der Waals surface area contributed by atoms with E-state index in [1.807, 2.05) is 0 Å². The molecule has 3 aromatic heterocycles. The predicted octanol–water partition coefficient (Wildman–Crippen LogP) is 1.45. The van der Waals surface area contributed by atoms with Crippen molar-refractivity contribution in [2.75, 3.05) is 26.2 Å². The number of nitrogens with one attached hydrogen (secondary N) is 1. The number of amides is 1. The number of hydrogen-bond donors (Lipinski definition) is 1. The van der Waals surface area contributed by atoms with Crippen LogP contribution >= 0.6 is 11.6 Å². The highest BCUT2D eigenvalue weighted by Crippen LogP contribution is 2.22. The summed E-state index contributed by atoms with van der Waals surface area (Å²) in [7, 11) is -3.87. The van der Waals surface area contributed by atoms with Crippen molar-refractivity contribution in [2.24, 2.45) is 0 Å². The van der Waals surface area contributed by atoms with Crippen LogP contribution in [-0.2, 0) is 10.0 Å². The van der Waals surface area contributed by atoms with Gasteiger partial charge in [-0.2, -0.15) is 9.04 Å². The third-order valence-corrected chi connectivity index (χ3v) is 7.46. The number of nitrogens with zero attached hydrogens (tertiary/aromatic N) is 6. The van der Waals surface area contributed by atoms with Crippen molar-refractivity contribution < 1.29 is 17.9 Å². The summed E-state index contributed by atoms with van der Waals surface area (Å²) in [4.78, 5) is 29.5. The average molecular weight is 500 g/mol. The summed E-state index contributed by atoms with van der Waals surface area (Å²) in [6.45, 7) is 0.553. The van der Waals surface area contributed by atoms with E-state index in [2.05, 4.69) is 19.9 Å². The monoisotopic (exact) mass is 499 g/mol. The van der Waals surface area contributed by atoms with Crippen molar-refractivity contribution in [3.63, 3.8) is 0 Å². The Kier molecular flexibility index (Phi) is 5.63. The molecule has 174 valence electrons. The molecule has 4 heterocycles. The average Bonchev–Trinajstić information content (AvgIpc) is 3.28. The van der Waals surface area contributed by atoms with Crippen LogP contribution in [0.2, 0.25) is 5.02 Å². The zero-order valence-electron chi connectivity index (χ0n) is 17.6. The van der Waals surface area contributed by atoms with Crippen molar-refractivity contribution in [1.82, 2.24) is 29.1 Å². The van der Waals surface area contributed by atoms with Gasteiger partial charge in [0.2, 0.25) is 16.7 Å². The molecule has 1 N–H and O–H groups in total. The first-order chi connectivity index (χ1) is 16.3. The maximum atomic E-state index is 13.0. The highest BCUT2D eigenvalue weighted by molar-refractivity contribution is 7.89. The Labute approximate surface area is 199 Å². The lowest BCUT2D eigenvalue weighted by molar-refractivity contribution is -0.593. The topological polar surface area (TPSA) is 139 Å². The first-order valence-corrected chi connectivity index (χ1v) is 12.1. The number of hydrogen-bond acceptors (Lipinski definition) is 7. The number of rotatable bonds is 4. The van der Waals surface area contributed by atoms with Gasteiger partial charge in [-0.05, 0) is 24.3 Å². The second-order valence-corrected chi connectivity index (χ2v) is 9.90. The quantitative estimate of drug-likeness (QED) is 0.331. The van der Waals surface area contributed by atoms with E-state index in [-0.39, 0.29) is 37.2 Å². The standard InChI is InChI=1S/C21H18ClN7O4S/c22-15-4-5-16-17(11-15)26-21(25-16)34(32,33)28-9-7-27(8-10-28)20(30)19-23-12-14(13-24-19)18-3-1-2-6-29(18)31/h1-6,11-13H,7-10H2,(H,25,26). The minimum absolute atomic E-state index is 0.0254. The van der Waals surface area contributed by atoms with E-state index in [1.165, 1.54) is 27.8 Å². The zero-order chi connectivity index (χ0) is 23.9. The number of aromatic amines is 1. The number of carbonyl (C=O) groups is 1. The van der Waals surface area contributed by atoms with Crippen LogP contribution in [0.3, 0.4) is 0 Å². The summed E-state index contributed by atoms with van der Waals surface area (Å²) < 4.78 is 28.0. The van der Waals surface area contributed by atoms with Crippen LogP contribution < -0.4 is 4.73 Å². The summed E-state index contributed by atoms with van der Waals surface area (Å²) in [6, 6.07) is 9.86. The number of carbonyl (C=O) groups excluding carboxylic acids is 1. The molecule has 1 amide bonds. The van der Waals surface area contributed by atoms with E-state index in [1.54, 1.807) is 36.4 Å². The number of pyridine rings is 1. The molecule has 1 aliphatic rings. The third-order valence-electron chi connectivity index (χ3n) is 5.50. The van der Waals surface area contributed by atoms with Gasteiger partial charge in [0.05, 0.1) is 16.6 Å². The van der Waals surface area contributed by atoms with Crippen molar-refractivity contribution in [3.8, 4) is 11.3 Å². The molecule has 1 aliphatic heterocycles. The highest BCUT2D eigenvalue weighted by atomic mass is 35.5. The maximum Gasteiger partial charge on any atom is 0.291 e. The first kappa shape index (κ1) is 22.2. The number of imidazole rings is 1. The molecule has 1 saturated heterocycles. The Morgan fingerprint density at radius 3 is 2.53 bits per heavy atom. The predicted molar refractivity (Wildman–Crippen MR) is 122 cm³/mol. The van der Waals surface area contributed by atoms with Gasteiger partial charge >= 0.3 is 0 Å². The first-order valence-electron chi connectivity index (χ1n) is 10.3. The summed E-state index contributed by atoms with van der Waals surface area (Å²) in [6.07, 6.45) is 4.19. The fourth-order valence-electron chi connectivity index (χ4n) is 3.70. The Hall–Kier alpha value is -3.61. The van der Waals surface area contributed by atoms with Crippen LogP contribution in [0, 0.1) is 5.21 Å². The molecule has 0 aliphatic carbocycles. The number of halogens is 1. The lowest BCUT2D eigenvalue weighted by Gasteiger charge is -2.33. The molecule has 13 heteroatoms. The van der Waals surface area contributed by atoms with Gasteiger partial charge in [0, 0.05) is 55.7 Å². The number of fused-ring (bicyclic) bond motifs is 1. The number of benzene rings is 1. The second kappa shape index (κ2) is 8.63. The van der Waals surface area contributed by atoms with Gasteiger partial charge < -0.3 is 15.1 Å². The molecular formula is C21H18ClN7O4S. The summed E-state index contributed by atoms with van der Waals surface area (Å²) >= 11 is 5.96. The van der Waals surface area contributed by atoms with Crippen molar-refractivity contribution in [3.05, 3.63) is 71.0 Å². The van der Waals surface area contributed by atoms with Crippen molar-refractivity contribution in [2.45, 2.75) is 5.16 Å². The molecule has 1 fully saturated rings. The van der Waals surface area contributed by atoms with Crippen molar-refractivity contribution >= 4 is 38.6 Å². The van der Waals surface area contributed by atoms with E-state index < -0.39 is 15.9 Å². The van der Waals surface area contributed by atoms with Gasteiger partial charge in [-0.15, -0.1) is 0 Å². The summed E-state index contributed by atoms with van der Waals surface area (Å²) in [5.41, 5.74) is 1.87. The van der Waals surface area contributed by atoms with Gasteiger partial charge in [-0.1, -0.05) is 11.6 Å². The number of piperazine rings is 1. The molecule has 5 rings (SSSR count). The van der Waals surface area contributed by atoms with Gasteiger partial charge in [-0.25, -0.2) is 23.4 Å². The van der Waals surface area contributed by atoms with Crippen LogP contribution in [0.5, 0.6) is 0 Å². The summed E-state index contributed by atoms with van der Waals surface area (Å²) in [5, 5.41) is 12.2. The number of H-pyrrole nitrogens is 1. The van der Waals surface area contributed by atoms with Crippen LogP contribution in [0.15, 0.2) is 60.1 Å². The van der Waals surface area contributed by atoms with Crippen LogP contribution in [0.25, 0.3) is 22.3 Å². The Bertz CT molecular complexity index is 1480. The molecular weight excluding hydrogens is 482 g/mol. The number of aromatic nitrogens is 5. The van der Waals surface area contributed by atoms with Crippen molar-refractivity contribution in [1.29, 1.82) is 0 Å². The largest absolute Gasteiger partial charge is 0.618 e. The Balaban J connectivity index is 1.27. The minimum Gasteiger partial charge on any atom is -0.618 e. The molecule has 0 spiro atoms. The van der Waals surface area contributed by atoms with E-state index in [9.17, 15) is 18.4 Å². The van der Waals surface area contributed by atoms with E-state index >= 15 is 0 Å². The van der Waals surface area contributed by atoms with Crippen LogP contribution in [0.1, 0.15) is 10.6 Å². The molecule has 0 saturated carbocycles. The molecule has 1 aromatic carbocycles. The minimum atomic E-state index is -3.87. The smallest absolute Gasteiger partial charge is 0.291 e. The molecule has 0 unspecified atom stereocenters. The van der Waals surface area contributed by atoms with E-state index in [4.69, 9.17) is 11.6 Å². The van der Waals surface area contributed by atoms with Crippen LogP contribution in [0.4, 0.5) is 0 Å². The van der Waals surface area contributed by atoms with Gasteiger partial charge in [0.25, 0.3) is 15.9 Å². The lowest BCUT2D eigenvalue weighted by Crippen LogP contribution is -2.50. The molecule has 0 atom stereocenters. The highest BCUT2D eigenvalue weighted by Gasteiger charge is 2.33. The fourth-order valence-corrected chi connectivity index (χ4v) is 5.20. The summed E-state index contributed by atoms with van der Waals surface area (Å²) in [5.74, 6) is -0.437. The van der Waals surface area contributed by atoms with E-state index in [0.717, 1.165) is 0 Å². The maximum absolute atomic E-state index is 13.0. The molecule has 11 nitrogen and oxygen atoms in total. The van der Waals surface area contributed by atoms with Gasteiger partial charge in [-0.3, -0.25) is 4.79 Å². The van der Waals surface area contributed by atoms with E-state index in [0.29, 0.717) is 32.0 Å². The molecule has 34 heavy (non-hydrogen) atoms. The van der Waals surface area contributed by atoms with Gasteiger partial charge in [0.15, 0.2) is 6.20 Å². The third kappa shape index (κ3) is 4.06.